The van der Waals surface area contributed by atoms with Crippen molar-refractivity contribution in [3.63, 3.8) is 0 Å². The highest BCUT2D eigenvalue weighted by Crippen LogP contribution is 2.25. The maximum absolute atomic E-state index is 5.91. The second kappa shape index (κ2) is 6.82. The number of aromatic nitrogens is 1. The van der Waals surface area contributed by atoms with Crippen molar-refractivity contribution in [3.8, 4) is 5.88 Å². The number of pyridine rings is 1. The van der Waals surface area contributed by atoms with Crippen LogP contribution >= 0.6 is 0 Å². The molecule has 4 heteroatoms. The summed E-state index contributed by atoms with van der Waals surface area (Å²) < 4.78 is 5.78. The predicted molar refractivity (Wildman–Crippen MR) is 86.2 cm³/mol. The lowest BCUT2D eigenvalue weighted by Crippen LogP contribution is -2.24. The van der Waals surface area contributed by atoms with Crippen LogP contribution in [0.25, 0.3) is 0 Å². The summed E-state index contributed by atoms with van der Waals surface area (Å²) in [5.41, 5.74) is 6.18. The predicted octanol–water partition coefficient (Wildman–Crippen LogP) is 4.08. The monoisotopic (exact) mass is 279 g/mol. The van der Waals surface area contributed by atoms with Gasteiger partial charge in [0, 0.05) is 6.04 Å². The number of ether oxygens (including phenoxy) is 1. The lowest BCUT2D eigenvalue weighted by atomic mass is 10.0. The fourth-order valence-corrected chi connectivity index (χ4v) is 1.81. The molecule has 0 bridgehead atoms. The number of hydrogen-bond donors (Lipinski definition) is 2. The molecule has 1 unspecified atom stereocenters. The number of nitrogen functional groups attached to an aromatic ring is 1. The topological polar surface area (TPSA) is 60.2 Å². The molecule has 0 aliphatic rings. The maximum Gasteiger partial charge on any atom is 0.239 e. The Morgan fingerprint density at radius 2 is 1.85 bits per heavy atom. The largest absolute Gasteiger partial charge is 0.470 e. The van der Waals surface area contributed by atoms with Gasteiger partial charge in [-0.1, -0.05) is 13.8 Å². The Kier molecular flexibility index (Phi) is 5.66. The van der Waals surface area contributed by atoms with Crippen molar-refractivity contribution in [2.24, 2.45) is 5.92 Å². The first kappa shape index (κ1) is 16.6. The van der Waals surface area contributed by atoms with E-state index in [1.165, 1.54) is 6.42 Å². The highest BCUT2D eigenvalue weighted by atomic mass is 16.5. The number of rotatable bonds is 6. The van der Waals surface area contributed by atoms with Gasteiger partial charge in [0.05, 0.1) is 5.69 Å². The second-order valence-electron chi connectivity index (χ2n) is 6.82. The lowest BCUT2D eigenvalue weighted by molar-refractivity contribution is 0.125. The third kappa shape index (κ3) is 6.13. The van der Waals surface area contributed by atoms with Crippen molar-refractivity contribution in [1.82, 2.24) is 4.98 Å². The molecular weight excluding hydrogens is 250 g/mol. The van der Waals surface area contributed by atoms with Crippen LogP contribution in [0.2, 0.25) is 0 Å². The molecule has 1 aromatic rings. The lowest BCUT2D eigenvalue weighted by Gasteiger charge is -2.22. The Balaban J connectivity index is 2.69. The Morgan fingerprint density at radius 3 is 2.40 bits per heavy atom. The average molecular weight is 279 g/mol. The molecule has 20 heavy (non-hydrogen) atoms. The minimum Gasteiger partial charge on any atom is -0.470 e. The normalized spacial score (nSPS) is 13.3. The van der Waals surface area contributed by atoms with E-state index < -0.39 is 0 Å². The van der Waals surface area contributed by atoms with Crippen molar-refractivity contribution >= 4 is 11.5 Å². The number of anilines is 2. The van der Waals surface area contributed by atoms with Gasteiger partial charge >= 0.3 is 0 Å². The number of hydrogen-bond acceptors (Lipinski definition) is 4. The van der Waals surface area contributed by atoms with E-state index in [1.54, 1.807) is 0 Å². The van der Waals surface area contributed by atoms with Gasteiger partial charge in [0.25, 0.3) is 0 Å². The van der Waals surface area contributed by atoms with E-state index in [0.29, 0.717) is 17.6 Å². The fraction of sp³-hybridized carbons (Fsp3) is 0.688. The Hall–Kier alpha value is -1.45. The van der Waals surface area contributed by atoms with E-state index in [1.807, 2.05) is 32.9 Å². The van der Waals surface area contributed by atoms with Crippen LogP contribution in [0.3, 0.4) is 0 Å². The number of nitrogens with two attached hydrogens (primary N) is 1. The quantitative estimate of drug-likeness (QED) is 0.823. The second-order valence-corrected chi connectivity index (χ2v) is 6.82. The summed E-state index contributed by atoms with van der Waals surface area (Å²) >= 11 is 0. The summed E-state index contributed by atoms with van der Waals surface area (Å²) in [6, 6.07) is 4.12. The summed E-state index contributed by atoms with van der Waals surface area (Å²) in [4.78, 5) is 4.47. The van der Waals surface area contributed by atoms with Crippen molar-refractivity contribution in [1.29, 1.82) is 0 Å². The summed E-state index contributed by atoms with van der Waals surface area (Å²) in [7, 11) is 0. The molecule has 114 valence electrons. The van der Waals surface area contributed by atoms with Crippen LogP contribution < -0.4 is 15.8 Å². The van der Waals surface area contributed by atoms with E-state index in [4.69, 9.17) is 10.5 Å². The van der Waals surface area contributed by atoms with E-state index in [2.05, 4.69) is 31.1 Å². The standard InChI is InChI=1S/C16H29N3O/c1-11(2)7-8-12(3)18-14-10-9-13(17)15(19-14)20-16(4,5)6/h9-12H,7-8,17H2,1-6H3,(H,18,19). The van der Waals surface area contributed by atoms with Crippen LogP contribution in [-0.4, -0.2) is 16.6 Å². The van der Waals surface area contributed by atoms with Crippen molar-refractivity contribution in [2.75, 3.05) is 11.1 Å². The maximum atomic E-state index is 5.91. The first-order valence-corrected chi connectivity index (χ1v) is 7.39. The molecule has 1 rings (SSSR count). The van der Waals surface area contributed by atoms with Gasteiger partial charge in [-0.05, 0) is 58.6 Å². The minimum atomic E-state index is -0.303. The smallest absolute Gasteiger partial charge is 0.239 e. The third-order valence-corrected chi connectivity index (χ3v) is 2.86. The van der Waals surface area contributed by atoms with Gasteiger partial charge in [0.15, 0.2) is 0 Å². The van der Waals surface area contributed by atoms with E-state index in [0.717, 1.165) is 18.2 Å². The Labute approximate surface area is 123 Å². The molecule has 1 heterocycles. The first-order valence-electron chi connectivity index (χ1n) is 7.39. The molecule has 0 aliphatic heterocycles. The average Bonchev–Trinajstić information content (AvgIpc) is 2.29. The molecule has 4 nitrogen and oxygen atoms in total. The Bertz CT molecular complexity index is 424. The molecular formula is C16H29N3O. The van der Waals surface area contributed by atoms with Crippen LogP contribution in [-0.2, 0) is 0 Å². The van der Waals surface area contributed by atoms with Gasteiger partial charge in [0.2, 0.25) is 5.88 Å². The highest BCUT2D eigenvalue weighted by Gasteiger charge is 2.16. The molecule has 0 saturated heterocycles. The molecule has 0 amide bonds. The SMILES string of the molecule is CC(C)CCC(C)Nc1ccc(N)c(OC(C)(C)C)n1. The van der Waals surface area contributed by atoms with Gasteiger partial charge < -0.3 is 15.8 Å². The summed E-state index contributed by atoms with van der Waals surface area (Å²) in [6.07, 6.45) is 2.33. The molecule has 0 spiro atoms. The third-order valence-electron chi connectivity index (χ3n) is 2.86. The first-order chi connectivity index (χ1) is 9.17. The van der Waals surface area contributed by atoms with E-state index >= 15 is 0 Å². The van der Waals surface area contributed by atoms with Crippen LogP contribution in [0.15, 0.2) is 12.1 Å². The zero-order chi connectivity index (χ0) is 15.3. The molecule has 0 fully saturated rings. The fourth-order valence-electron chi connectivity index (χ4n) is 1.81. The zero-order valence-electron chi connectivity index (χ0n) is 13.7. The van der Waals surface area contributed by atoms with Crippen LogP contribution in [0.1, 0.15) is 54.4 Å². The van der Waals surface area contributed by atoms with Crippen LogP contribution in [0.5, 0.6) is 5.88 Å². The van der Waals surface area contributed by atoms with E-state index in [-0.39, 0.29) is 5.60 Å². The minimum absolute atomic E-state index is 0.303. The molecule has 3 N–H and O–H groups in total. The molecule has 0 saturated carbocycles. The molecule has 0 aromatic carbocycles. The van der Waals surface area contributed by atoms with Gasteiger partial charge in [0.1, 0.15) is 11.4 Å². The van der Waals surface area contributed by atoms with Crippen molar-refractivity contribution < 1.29 is 4.74 Å². The summed E-state index contributed by atoms with van der Waals surface area (Å²) in [5, 5.41) is 3.40. The number of nitrogens with one attached hydrogen (secondary N) is 1. The van der Waals surface area contributed by atoms with Crippen molar-refractivity contribution in [3.05, 3.63) is 12.1 Å². The van der Waals surface area contributed by atoms with Gasteiger partial charge in [-0.15, -0.1) is 0 Å². The molecule has 0 radical (unpaired) electrons. The van der Waals surface area contributed by atoms with Crippen molar-refractivity contribution in [2.45, 2.75) is 66.0 Å². The van der Waals surface area contributed by atoms with Gasteiger partial charge in [-0.25, -0.2) is 0 Å². The summed E-state index contributed by atoms with van der Waals surface area (Å²) in [5.74, 6) is 2.03. The van der Waals surface area contributed by atoms with Gasteiger partial charge in [-0.3, -0.25) is 0 Å². The summed E-state index contributed by atoms with van der Waals surface area (Å²) in [6.45, 7) is 12.6. The molecule has 0 aliphatic carbocycles. The highest BCUT2D eigenvalue weighted by molar-refractivity contribution is 5.54. The van der Waals surface area contributed by atoms with Gasteiger partial charge in [-0.2, -0.15) is 4.98 Å². The number of nitrogens with zero attached hydrogens (tertiary/aromatic N) is 1. The Morgan fingerprint density at radius 1 is 1.20 bits per heavy atom. The molecule has 1 aromatic heterocycles. The van der Waals surface area contributed by atoms with E-state index in [9.17, 15) is 0 Å². The molecule has 1 atom stereocenters. The zero-order valence-corrected chi connectivity index (χ0v) is 13.7. The van der Waals surface area contributed by atoms with Crippen LogP contribution in [0, 0.1) is 5.92 Å². The van der Waals surface area contributed by atoms with Crippen LogP contribution in [0.4, 0.5) is 11.5 Å².